The lowest BCUT2D eigenvalue weighted by molar-refractivity contribution is 1.31. The summed E-state index contributed by atoms with van der Waals surface area (Å²) in [7, 11) is 2.30. The second kappa shape index (κ2) is 3.79. The Morgan fingerprint density at radius 2 is 2.18 bits per heavy atom. The third-order valence-electron chi connectivity index (χ3n) is 1.52. The highest BCUT2D eigenvalue weighted by Crippen LogP contribution is 2.13. The maximum absolute atomic E-state index is 5.69. The van der Waals surface area contributed by atoms with Gasteiger partial charge in [0, 0.05) is 5.69 Å². The van der Waals surface area contributed by atoms with E-state index in [1.54, 1.807) is 0 Å². The molecule has 0 saturated heterocycles. The Morgan fingerprint density at radius 3 is 2.73 bits per heavy atom. The molecule has 0 aliphatic rings. The molecule has 0 bridgehead atoms. The fourth-order valence-corrected chi connectivity index (χ4v) is 1.41. The molecule has 0 amide bonds. The zero-order valence-electron chi connectivity index (χ0n) is 6.63. The van der Waals surface area contributed by atoms with Crippen molar-refractivity contribution in [3.8, 4) is 0 Å². The Bertz CT molecular complexity index is 239. The number of benzene rings is 1. The molecule has 0 fully saturated rings. The number of anilines is 1. The van der Waals surface area contributed by atoms with Gasteiger partial charge in [-0.05, 0) is 31.7 Å². The van der Waals surface area contributed by atoms with Gasteiger partial charge in [-0.2, -0.15) is 0 Å². The molecule has 11 heavy (non-hydrogen) atoms. The van der Waals surface area contributed by atoms with Gasteiger partial charge in [0.25, 0.3) is 0 Å². The average Bonchev–Trinajstić information content (AvgIpc) is 2.03. The first kappa shape index (κ1) is 8.62. The predicted molar refractivity (Wildman–Crippen MR) is 51.2 cm³/mol. The highest BCUT2D eigenvalue weighted by atomic mass is 35.6. The molecule has 1 rings (SSSR count). The molecule has 1 nitrogen and oxygen atoms in total. The average molecular weight is 184 g/mol. The van der Waals surface area contributed by atoms with Gasteiger partial charge < -0.3 is 4.57 Å². The lowest BCUT2D eigenvalue weighted by atomic mass is 10.2. The van der Waals surface area contributed by atoms with Crippen LogP contribution in [0.2, 0.25) is 0 Å². The van der Waals surface area contributed by atoms with Crippen LogP contribution in [-0.4, -0.2) is 16.0 Å². The lowest BCUT2D eigenvalue weighted by Crippen LogP contribution is -2.17. The van der Waals surface area contributed by atoms with E-state index < -0.39 is 0 Å². The Kier molecular flexibility index (Phi) is 2.97. The van der Waals surface area contributed by atoms with Crippen LogP contribution < -0.4 is 4.57 Å². The van der Waals surface area contributed by atoms with E-state index in [4.69, 9.17) is 11.1 Å². The minimum Gasteiger partial charge on any atom is -0.388 e. The zero-order valence-corrected chi connectivity index (χ0v) is 8.39. The monoisotopic (exact) mass is 183 g/mol. The van der Waals surface area contributed by atoms with Gasteiger partial charge in [0.2, 0.25) is 0 Å². The molecule has 0 aliphatic carbocycles. The van der Waals surface area contributed by atoms with Crippen LogP contribution >= 0.6 is 11.1 Å². The van der Waals surface area contributed by atoms with Crippen molar-refractivity contribution >= 4 is 25.8 Å². The second-order valence-electron chi connectivity index (χ2n) is 2.48. The molecule has 1 aromatic carbocycles. The fourth-order valence-electron chi connectivity index (χ4n) is 0.885. The molecule has 0 heterocycles. The van der Waals surface area contributed by atoms with Gasteiger partial charge in [-0.25, -0.2) is 0 Å². The van der Waals surface area contributed by atoms with Crippen molar-refractivity contribution in [2.75, 3.05) is 11.6 Å². The molecule has 2 radical (unpaired) electrons. The second-order valence-corrected chi connectivity index (χ2v) is 3.83. The summed E-state index contributed by atoms with van der Waals surface area (Å²) < 4.78 is 2.02. The van der Waals surface area contributed by atoms with Crippen LogP contribution in [-0.2, 0) is 0 Å². The van der Waals surface area contributed by atoms with Crippen molar-refractivity contribution in [1.29, 1.82) is 0 Å². The largest absolute Gasteiger partial charge is 0.388 e. The number of hydrogen-bond donors (Lipinski definition) is 0. The van der Waals surface area contributed by atoms with Gasteiger partial charge in [0.15, 0.2) is 0 Å². The number of halogens is 1. The van der Waals surface area contributed by atoms with Crippen LogP contribution in [0.1, 0.15) is 5.56 Å². The van der Waals surface area contributed by atoms with E-state index in [9.17, 15) is 0 Å². The van der Waals surface area contributed by atoms with Crippen LogP contribution in [0.4, 0.5) is 5.69 Å². The van der Waals surface area contributed by atoms with Crippen LogP contribution in [0.15, 0.2) is 24.3 Å². The van der Waals surface area contributed by atoms with Gasteiger partial charge in [0.05, 0.1) is 0 Å². The lowest BCUT2D eigenvalue weighted by Gasteiger charge is -2.14. The predicted octanol–water partition coefficient (Wildman–Crippen LogP) is 2.20. The number of rotatable bonds is 2. The van der Waals surface area contributed by atoms with Crippen LogP contribution in [0.5, 0.6) is 0 Å². The van der Waals surface area contributed by atoms with Crippen molar-refractivity contribution < 1.29 is 0 Å². The molecule has 0 spiro atoms. The van der Waals surface area contributed by atoms with E-state index in [0.29, 0.717) is 8.99 Å². The van der Waals surface area contributed by atoms with Crippen molar-refractivity contribution in [1.82, 2.24) is 0 Å². The quantitative estimate of drug-likeness (QED) is 0.502. The molecule has 58 valence electrons. The van der Waals surface area contributed by atoms with Crippen molar-refractivity contribution in [3.63, 3.8) is 0 Å². The Balaban J connectivity index is 2.86. The molecule has 0 aliphatic heterocycles. The summed E-state index contributed by atoms with van der Waals surface area (Å²) in [6.45, 7) is 2.08. The highest BCUT2D eigenvalue weighted by molar-refractivity contribution is 6.95. The number of hydrogen-bond acceptors (Lipinski definition) is 1. The number of aryl methyl sites for hydroxylation is 1. The third kappa shape index (κ3) is 2.24. The summed E-state index contributed by atoms with van der Waals surface area (Å²) >= 11 is 5.69. The smallest absolute Gasteiger partial charge is 0.310 e. The van der Waals surface area contributed by atoms with E-state index in [-0.39, 0.29) is 0 Å². The van der Waals surface area contributed by atoms with Gasteiger partial charge in [-0.3, -0.25) is 0 Å². The van der Waals surface area contributed by atoms with Crippen molar-refractivity contribution in [2.45, 2.75) is 6.92 Å². The molecule has 1 aromatic rings. The zero-order chi connectivity index (χ0) is 8.27. The summed E-state index contributed by atoms with van der Waals surface area (Å²) in [5, 5.41) is 0. The van der Waals surface area contributed by atoms with E-state index in [1.807, 2.05) is 17.7 Å². The standard InChI is InChI=1S/C8H10ClNSi/c1-7-4-3-5-8(6-7)10(2)11-9/h3-6H,1-2H3. The van der Waals surface area contributed by atoms with Crippen LogP contribution in [0.25, 0.3) is 0 Å². The van der Waals surface area contributed by atoms with Gasteiger partial charge in [-0.15, -0.1) is 11.1 Å². The Labute approximate surface area is 74.6 Å². The molecule has 0 atom stereocenters. The molecule has 0 saturated carbocycles. The first-order valence-electron chi connectivity index (χ1n) is 3.40. The van der Waals surface area contributed by atoms with Gasteiger partial charge >= 0.3 is 8.99 Å². The Morgan fingerprint density at radius 1 is 1.45 bits per heavy atom. The highest BCUT2D eigenvalue weighted by Gasteiger charge is 1.98. The first-order chi connectivity index (χ1) is 5.24. The Hall–Kier alpha value is -0.473. The summed E-state index contributed by atoms with van der Waals surface area (Å²) in [6.07, 6.45) is 0. The number of nitrogens with zero attached hydrogens (tertiary/aromatic N) is 1. The minimum absolute atomic E-state index is 0.311. The molecular formula is C8H10ClNSi. The van der Waals surface area contributed by atoms with Crippen LogP contribution in [0.3, 0.4) is 0 Å². The summed E-state index contributed by atoms with van der Waals surface area (Å²) in [6, 6.07) is 8.30. The fraction of sp³-hybridized carbons (Fsp3) is 0.250. The molecule has 3 heteroatoms. The summed E-state index contributed by atoms with van der Waals surface area (Å²) in [5.74, 6) is 0. The summed E-state index contributed by atoms with van der Waals surface area (Å²) in [5.41, 5.74) is 2.45. The van der Waals surface area contributed by atoms with Crippen LogP contribution in [0, 0.1) is 6.92 Å². The van der Waals surface area contributed by atoms with Gasteiger partial charge in [0.1, 0.15) is 0 Å². The third-order valence-corrected chi connectivity index (χ3v) is 2.79. The summed E-state index contributed by atoms with van der Waals surface area (Å²) in [4.78, 5) is 0. The van der Waals surface area contributed by atoms with Crippen molar-refractivity contribution in [2.24, 2.45) is 0 Å². The van der Waals surface area contributed by atoms with Gasteiger partial charge in [-0.1, -0.05) is 12.1 Å². The van der Waals surface area contributed by atoms with E-state index in [0.717, 1.165) is 0 Å². The SMILES string of the molecule is Cc1cccc(N(C)[Si]Cl)c1. The maximum Gasteiger partial charge on any atom is 0.310 e. The molecule has 0 aromatic heterocycles. The van der Waals surface area contributed by atoms with E-state index in [1.165, 1.54) is 11.3 Å². The molecule has 0 N–H and O–H groups in total. The molecular weight excluding hydrogens is 174 g/mol. The van der Waals surface area contributed by atoms with E-state index >= 15 is 0 Å². The topological polar surface area (TPSA) is 3.24 Å². The minimum atomic E-state index is 0.311. The van der Waals surface area contributed by atoms with Crippen molar-refractivity contribution in [3.05, 3.63) is 29.8 Å². The maximum atomic E-state index is 5.69. The normalized spacial score (nSPS) is 9.73. The van der Waals surface area contributed by atoms with E-state index in [2.05, 4.69) is 25.1 Å². The first-order valence-corrected chi connectivity index (χ1v) is 5.36. The molecule has 0 unspecified atom stereocenters.